The fourth-order valence-electron chi connectivity index (χ4n) is 0.260. The third kappa shape index (κ3) is 5.80. The molecule has 3 heteroatoms. The van der Waals surface area contributed by atoms with Gasteiger partial charge < -0.3 is 4.74 Å². The van der Waals surface area contributed by atoms with Gasteiger partial charge >= 0.3 is 0 Å². The van der Waals surface area contributed by atoms with Gasteiger partial charge in [-0.25, -0.2) is 0 Å². The summed E-state index contributed by atoms with van der Waals surface area (Å²) in [5, 5.41) is 8.03. The summed E-state index contributed by atoms with van der Waals surface area (Å²) in [6.07, 6.45) is 2.47. The van der Waals surface area contributed by atoms with Crippen LogP contribution in [-0.2, 0) is 4.74 Å². The van der Waals surface area contributed by atoms with Gasteiger partial charge in [-0.05, 0) is 6.26 Å². The maximum Gasteiger partial charge on any atom is 0.0918 e. The monoisotopic (exact) mass is 131 g/mol. The molecule has 0 saturated heterocycles. The molecule has 0 saturated carbocycles. The highest BCUT2D eigenvalue weighted by Gasteiger charge is 1.81. The maximum atomic E-state index is 8.03. The lowest BCUT2D eigenvalue weighted by Gasteiger charge is -1.94. The zero-order valence-electron chi connectivity index (χ0n) is 4.89. The van der Waals surface area contributed by atoms with Crippen LogP contribution >= 0.6 is 11.8 Å². The lowest BCUT2D eigenvalue weighted by atomic mass is 10.5. The van der Waals surface area contributed by atoms with Crippen molar-refractivity contribution in [3.63, 3.8) is 0 Å². The molecule has 0 bridgehead atoms. The van der Waals surface area contributed by atoms with Crippen LogP contribution in [0, 0.1) is 11.3 Å². The van der Waals surface area contributed by atoms with Crippen LogP contribution in [0.5, 0.6) is 0 Å². The first-order valence-electron chi connectivity index (χ1n) is 2.35. The van der Waals surface area contributed by atoms with E-state index in [0.717, 1.165) is 0 Å². The Morgan fingerprint density at radius 1 is 1.75 bits per heavy atom. The maximum absolute atomic E-state index is 8.03. The molecule has 2 nitrogen and oxygen atoms in total. The van der Waals surface area contributed by atoms with E-state index >= 15 is 0 Å². The van der Waals surface area contributed by atoms with Crippen molar-refractivity contribution in [2.75, 3.05) is 18.8 Å². The fourth-order valence-corrected chi connectivity index (χ4v) is 0.545. The molecule has 0 atom stereocenters. The van der Waals surface area contributed by atoms with E-state index in [9.17, 15) is 0 Å². The molecule has 0 aromatic heterocycles. The van der Waals surface area contributed by atoms with Gasteiger partial charge in [-0.2, -0.15) is 5.26 Å². The summed E-state index contributed by atoms with van der Waals surface area (Å²) < 4.78 is 4.96. The molecule has 46 valence electrons. The average molecular weight is 131 g/mol. The van der Waals surface area contributed by atoms with Gasteiger partial charge in [-0.3, -0.25) is 0 Å². The number of ether oxygens (including phenoxy) is 1. The van der Waals surface area contributed by atoms with Crippen LogP contribution in [0.15, 0.2) is 0 Å². The van der Waals surface area contributed by atoms with Gasteiger partial charge in [0.05, 0.1) is 25.0 Å². The molecule has 0 aromatic rings. The first-order chi connectivity index (χ1) is 3.91. The predicted octanol–water partition coefficient (Wildman–Crippen LogP) is 1.24. The summed E-state index contributed by atoms with van der Waals surface area (Å²) in [6.45, 7) is 0.567. The molecule has 8 heavy (non-hydrogen) atoms. The molecule has 0 aliphatic heterocycles. The molecule has 0 unspecified atom stereocenters. The van der Waals surface area contributed by atoms with Gasteiger partial charge in [0.2, 0.25) is 0 Å². The van der Waals surface area contributed by atoms with E-state index in [1.54, 1.807) is 11.8 Å². The number of hydrogen-bond donors (Lipinski definition) is 0. The van der Waals surface area contributed by atoms with E-state index in [2.05, 4.69) is 0 Å². The van der Waals surface area contributed by atoms with Crippen molar-refractivity contribution >= 4 is 11.8 Å². The molecule has 0 aliphatic rings. The van der Waals surface area contributed by atoms with Crippen LogP contribution in [0.1, 0.15) is 6.42 Å². The molecule has 0 rings (SSSR count). The molecule has 0 N–H and O–H groups in total. The van der Waals surface area contributed by atoms with E-state index < -0.39 is 0 Å². The second kappa shape index (κ2) is 6.80. The van der Waals surface area contributed by atoms with Crippen molar-refractivity contribution in [2.45, 2.75) is 6.42 Å². The zero-order chi connectivity index (χ0) is 6.24. The molecule has 0 radical (unpaired) electrons. The summed E-state index contributed by atoms with van der Waals surface area (Å²) in [7, 11) is 0. The number of hydrogen-bond acceptors (Lipinski definition) is 3. The number of nitriles is 1. The van der Waals surface area contributed by atoms with Crippen LogP contribution in [0.2, 0.25) is 0 Å². The van der Waals surface area contributed by atoms with Crippen molar-refractivity contribution < 1.29 is 4.74 Å². The summed E-state index contributed by atoms with van der Waals surface area (Å²) in [5.41, 5.74) is 0. The smallest absolute Gasteiger partial charge is 0.0918 e. The van der Waals surface area contributed by atoms with Crippen molar-refractivity contribution in [1.82, 2.24) is 0 Å². The normalized spacial score (nSPS) is 8.50. The second-order valence-corrected chi connectivity index (χ2v) is 2.04. The lowest BCUT2D eigenvalue weighted by Crippen LogP contribution is -1.90. The van der Waals surface area contributed by atoms with Crippen LogP contribution in [-0.4, -0.2) is 18.8 Å². The third-order valence-electron chi connectivity index (χ3n) is 0.559. The van der Waals surface area contributed by atoms with Crippen molar-refractivity contribution in [1.29, 1.82) is 5.26 Å². The minimum atomic E-state index is 0.501. The highest BCUT2D eigenvalue weighted by atomic mass is 32.2. The van der Waals surface area contributed by atoms with Gasteiger partial charge in [-0.1, -0.05) is 0 Å². The molecule has 0 fully saturated rings. The summed E-state index contributed by atoms with van der Waals surface area (Å²) in [4.78, 5) is 0. The Bertz CT molecular complexity index is 79.0. The molecular formula is C5H9NOS. The van der Waals surface area contributed by atoms with E-state index in [0.29, 0.717) is 19.0 Å². The molecule has 0 spiro atoms. The number of rotatable bonds is 4. The Hall–Kier alpha value is -0.200. The second-order valence-electron chi connectivity index (χ2n) is 1.22. The Morgan fingerprint density at radius 2 is 2.50 bits per heavy atom. The number of thioether (sulfide) groups is 1. The Labute approximate surface area is 53.8 Å². The number of nitrogens with zero attached hydrogens (tertiary/aromatic N) is 1. The van der Waals surface area contributed by atoms with E-state index in [4.69, 9.17) is 10.00 Å². The van der Waals surface area contributed by atoms with Gasteiger partial charge in [0.1, 0.15) is 0 Å². The third-order valence-corrected chi connectivity index (χ3v) is 0.962. The quantitative estimate of drug-likeness (QED) is 0.425. The summed E-state index contributed by atoms with van der Waals surface area (Å²) in [6, 6.07) is 1.99. The van der Waals surface area contributed by atoms with Crippen LogP contribution in [0.3, 0.4) is 0 Å². The van der Waals surface area contributed by atoms with Gasteiger partial charge in [0.25, 0.3) is 0 Å². The minimum absolute atomic E-state index is 0.501. The van der Waals surface area contributed by atoms with Crippen LogP contribution < -0.4 is 0 Å². The van der Waals surface area contributed by atoms with E-state index in [1.807, 2.05) is 12.3 Å². The zero-order valence-corrected chi connectivity index (χ0v) is 5.70. The van der Waals surface area contributed by atoms with Gasteiger partial charge in [-0.15, -0.1) is 11.8 Å². The minimum Gasteiger partial charge on any atom is -0.370 e. The first-order valence-corrected chi connectivity index (χ1v) is 3.75. The highest BCUT2D eigenvalue weighted by molar-refractivity contribution is 7.98. The first kappa shape index (κ1) is 7.80. The molecule has 0 aliphatic carbocycles. The average Bonchev–Trinajstić information content (AvgIpc) is 1.81. The summed E-state index contributed by atoms with van der Waals surface area (Å²) >= 11 is 1.62. The highest BCUT2D eigenvalue weighted by Crippen LogP contribution is 1.91. The Morgan fingerprint density at radius 3 is 3.00 bits per heavy atom. The molecule has 0 heterocycles. The Kier molecular flexibility index (Phi) is 6.63. The largest absolute Gasteiger partial charge is 0.370 e. The standard InChI is InChI=1S/C5H9NOS/c1-8-5-7-4-2-3-6/h2,4-5H2,1H3. The fraction of sp³-hybridized carbons (Fsp3) is 0.800. The molecule has 0 amide bonds. The SMILES string of the molecule is CSCOCCC#N. The Balaban J connectivity index is 2.65. The van der Waals surface area contributed by atoms with Crippen molar-refractivity contribution in [3.8, 4) is 6.07 Å². The van der Waals surface area contributed by atoms with Crippen molar-refractivity contribution in [3.05, 3.63) is 0 Å². The van der Waals surface area contributed by atoms with E-state index in [-0.39, 0.29) is 0 Å². The van der Waals surface area contributed by atoms with Crippen molar-refractivity contribution in [2.24, 2.45) is 0 Å². The van der Waals surface area contributed by atoms with Crippen LogP contribution in [0.4, 0.5) is 0 Å². The van der Waals surface area contributed by atoms with Crippen LogP contribution in [0.25, 0.3) is 0 Å². The summed E-state index contributed by atoms with van der Waals surface area (Å²) in [5.74, 6) is 0.696. The van der Waals surface area contributed by atoms with Gasteiger partial charge in [0, 0.05) is 0 Å². The van der Waals surface area contributed by atoms with Gasteiger partial charge in [0.15, 0.2) is 0 Å². The molecule has 0 aromatic carbocycles. The predicted molar refractivity (Wildman–Crippen MR) is 34.6 cm³/mol. The molecular weight excluding hydrogens is 122 g/mol. The van der Waals surface area contributed by atoms with E-state index in [1.165, 1.54) is 0 Å². The topological polar surface area (TPSA) is 33.0 Å². The lowest BCUT2D eigenvalue weighted by molar-refractivity contribution is 0.190.